The van der Waals surface area contributed by atoms with Gasteiger partial charge in [-0.3, -0.25) is 4.72 Å². The molecule has 0 aliphatic heterocycles. The highest BCUT2D eigenvalue weighted by molar-refractivity contribution is 7.92. The summed E-state index contributed by atoms with van der Waals surface area (Å²) in [7, 11) is -3.70. The summed E-state index contributed by atoms with van der Waals surface area (Å²) in [6.45, 7) is 5.77. The third-order valence-corrected chi connectivity index (χ3v) is 5.66. The molecule has 3 rings (SSSR count). The second-order valence-corrected chi connectivity index (χ2v) is 8.36. The monoisotopic (exact) mass is 386 g/mol. The zero-order chi connectivity index (χ0) is 18.9. The molecule has 0 saturated carbocycles. The SMILES string of the molecule is Cc1ccc(S(=O)(=O)Nc2c(C)cc(C)cc2-c2ccnc(Cl)c2)cc1. The van der Waals surface area contributed by atoms with E-state index in [1.165, 1.54) is 0 Å². The van der Waals surface area contributed by atoms with Crippen molar-refractivity contribution < 1.29 is 8.42 Å². The van der Waals surface area contributed by atoms with Crippen molar-refractivity contribution in [3.05, 3.63) is 76.6 Å². The first-order chi connectivity index (χ1) is 12.3. The van der Waals surface area contributed by atoms with Crippen molar-refractivity contribution >= 4 is 27.3 Å². The molecule has 0 spiro atoms. The molecule has 1 heterocycles. The molecule has 26 heavy (non-hydrogen) atoms. The standard InChI is InChI=1S/C20H19ClN2O2S/c1-13-4-6-17(7-5-13)26(24,25)23-20-15(3)10-14(2)11-18(20)16-8-9-22-19(21)12-16/h4-12,23H,1-3H3. The van der Waals surface area contributed by atoms with Crippen LogP contribution in [0.5, 0.6) is 0 Å². The molecule has 0 fully saturated rings. The molecule has 4 nitrogen and oxygen atoms in total. The van der Waals surface area contributed by atoms with Crippen LogP contribution in [0.1, 0.15) is 16.7 Å². The smallest absolute Gasteiger partial charge is 0.261 e. The second-order valence-electron chi connectivity index (χ2n) is 6.29. The van der Waals surface area contributed by atoms with E-state index in [-0.39, 0.29) is 4.90 Å². The highest BCUT2D eigenvalue weighted by Crippen LogP contribution is 2.34. The van der Waals surface area contributed by atoms with Crippen LogP contribution in [0, 0.1) is 20.8 Å². The Labute approximate surface area is 158 Å². The third-order valence-electron chi connectivity index (χ3n) is 4.09. The van der Waals surface area contributed by atoms with Crippen molar-refractivity contribution in [2.75, 3.05) is 4.72 Å². The number of nitrogens with zero attached hydrogens (tertiary/aromatic N) is 1. The van der Waals surface area contributed by atoms with Gasteiger partial charge in [-0.1, -0.05) is 40.9 Å². The van der Waals surface area contributed by atoms with Crippen LogP contribution < -0.4 is 4.72 Å². The van der Waals surface area contributed by atoms with Crippen LogP contribution in [0.4, 0.5) is 5.69 Å². The molecule has 0 aliphatic carbocycles. The average molecular weight is 387 g/mol. The van der Waals surface area contributed by atoms with E-state index in [4.69, 9.17) is 11.6 Å². The van der Waals surface area contributed by atoms with E-state index >= 15 is 0 Å². The lowest BCUT2D eigenvalue weighted by atomic mass is 9.99. The summed E-state index contributed by atoms with van der Waals surface area (Å²) in [5, 5.41) is 0.356. The van der Waals surface area contributed by atoms with Crippen molar-refractivity contribution in [1.82, 2.24) is 4.98 Å². The molecular formula is C20H19ClN2O2S. The van der Waals surface area contributed by atoms with Crippen LogP contribution in [0.25, 0.3) is 11.1 Å². The number of rotatable bonds is 4. The Balaban J connectivity index is 2.11. The topological polar surface area (TPSA) is 59.1 Å². The van der Waals surface area contributed by atoms with E-state index in [0.717, 1.165) is 27.8 Å². The van der Waals surface area contributed by atoms with Gasteiger partial charge in [-0.15, -0.1) is 0 Å². The van der Waals surface area contributed by atoms with E-state index in [9.17, 15) is 8.42 Å². The van der Waals surface area contributed by atoms with Crippen molar-refractivity contribution in [2.24, 2.45) is 0 Å². The third kappa shape index (κ3) is 3.89. The summed E-state index contributed by atoms with van der Waals surface area (Å²) < 4.78 is 28.4. The van der Waals surface area contributed by atoms with E-state index in [1.54, 1.807) is 36.5 Å². The molecular weight excluding hydrogens is 368 g/mol. The molecule has 0 radical (unpaired) electrons. The molecule has 0 saturated heterocycles. The molecule has 0 amide bonds. The highest BCUT2D eigenvalue weighted by atomic mass is 35.5. The molecule has 3 aromatic rings. The molecule has 1 N–H and O–H groups in total. The van der Waals surface area contributed by atoms with Gasteiger partial charge in [0, 0.05) is 11.8 Å². The van der Waals surface area contributed by atoms with Gasteiger partial charge in [-0.2, -0.15) is 0 Å². The normalized spacial score (nSPS) is 11.4. The Kier molecular flexibility index (Phi) is 5.03. The highest BCUT2D eigenvalue weighted by Gasteiger charge is 2.18. The maximum Gasteiger partial charge on any atom is 0.261 e. The molecule has 6 heteroatoms. The number of halogens is 1. The Hall–Kier alpha value is -2.37. The van der Waals surface area contributed by atoms with Gasteiger partial charge in [0.1, 0.15) is 5.15 Å². The number of aromatic nitrogens is 1. The minimum absolute atomic E-state index is 0.224. The zero-order valence-corrected chi connectivity index (χ0v) is 16.3. The van der Waals surface area contributed by atoms with Crippen molar-refractivity contribution in [3.8, 4) is 11.1 Å². The first kappa shape index (κ1) is 18.4. The number of aryl methyl sites for hydroxylation is 3. The van der Waals surface area contributed by atoms with Gasteiger partial charge in [0.05, 0.1) is 10.6 Å². The number of sulfonamides is 1. The maximum absolute atomic E-state index is 12.9. The molecule has 2 aromatic carbocycles. The van der Waals surface area contributed by atoms with Gasteiger partial charge < -0.3 is 0 Å². The molecule has 0 aliphatic rings. The zero-order valence-electron chi connectivity index (χ0n) is 14.7. The molecule has 1 aromatic heterocycles. The van der Waals surface area contributed by atoms with Crippen molar-refractivity contribution in [3.63, 3.8) is 0 Å². The Morgan fingerprint density at radius 1 is 0.923 bits per heavy atom. The Morgan fingerprint density at radius 3 is 2.27 bits per heavy atom. The lowest BCUT2D eigenvalue weighted by molar-refractivity contribution is 0.601. The Bertz CT molecular complexity index is 1060. The minimum atomic E-state index is -3.70. The number of hydrogen-bond acceptors (Lipinski definition) is 3. The molecule has 0 unspecified atom stereocenters. The minimum Gasteiger partial charge on any atom is -0.279 e. The first-order valence-electron chi connectivity index (χ1n) is 8.09. The van der Waals surface area contributed by atoms with Gasteiger partial charge in [-0.05, 0) is 62.2 Å². The number of nitrogens with one attached hydrogen (secondary N) is 1. The number of anilines is 1. The summed E-state index contributed by atoms with van der Waals surface area (Å²) in [5.74, 6) is 0. The van der Waals surface area contributed by atoms with E-state index < -0.39 is 10.0 Å². The van der Waals surface area contributed by atoms with Gasteiger partial charge in [0.2, 0.25) is 0 Å². The fraction of sp³-hybridized carbons (Fsp3) is 0.150. The lowest BCUT2D eigenvalue weighted by Gasteiger charge is -2.17. The predicted molar refractivity (Wildman–Crippen MR) is 106 cm³/mol. The first-order valence-corrected chi connectivity index (χ1v) is 9.95. The van der Waals surface area contributed by atoms with Crippen LogP contribution in [0.3, 0.4) is 0 Å². The quantitative estimate of drug-likeness (QED) is 0.632. The summed E-state index contributed by atoms with van der Waals surface area (Å²) in [5.41, 5.74) is 4.98. The fourth-order valence-electron chi connectivity index (χ4n) is 2.81. The molecule has 134 valence electrons. The summed E-state index contributed by atoms with van der Waals surface area (Å²) in [6, 6.07) is 14.2. The number of hydrogen-bond donors (Lipinski definition) is 1. The lowest BCUT2D eigenvalue weighted by Crippen LogP contribution is -2.14. The van der Waals surface area contributed by atoms with Crippen LogP contribution in [-0.4, -0.2) is 13.4 Å². The van der Waals surface area contributed by atoms with Gasteiger partial charge in [0.25, 0.3) is 10.0 Å². The van der Waals surface area contributed by atoms with E-state index in [0.29, 0.717) is 10.8 Å². The fourth-order valence-corrected chi connectivity index (χ4v) is 4.14. The second kappa shape index (κ2) is 7.09. The number of pyridine rings is 1. The predicted octanol–water partition coefficient (Wildman–Crippen LogP) is 5.13. The summed E-state index contributed by atoms with van der Waals surface area (Å²) in [6.07, 6.45) is 1.60. The van der Waals surface area contributed by atoms with Crippen LogP contribution >= 0.6 is 11.6 Å². The largest absolute Gasteiger partial charge is 0.279 e. The summed E-state index contributed by atoms with van der Waals surface area (Å²) in [4.78, 5) is 4.22. The van der Waals surface area contributed by atoms with Crippen LogP contribution in [0.2, 0.25) is 5.15 Å². The Morgan fingerprint density at radius 2 is 1.62 bits per heavy atom. The van der Waals surface area contributed by atoms with Gasteiger partial charge in [-0.25, -0.2) is 13.4 Å². The van der Waals surface area contributed by atoms with Crippen LogP contribution in [0.15, 0.2) is 59.6 Å². The number of benzene rings is 2. The molecule has 0 bridgehead atoms. The maximum atomic E-state index is 12.9. The molecule has 0 atom stereocenters. The van der Waals surface area contributed by atoms with Crippen LogP contribution in [-0.2, 0) is 10.0 Å². The van der Waals surface area contributed by atoms with Crippen molar-refractivity contribution in [2.45, 2.75) is 25.7 Å². The van der Waals surface area contributed by atoms with Gasteiger partial charge in [0.15, 0.2) is 0 Å². The summed E-state index contributed by atoms with van der Waals surface area (Å²) >= 11 is 6.02. The van der Waals surface area contributed by atoms with E-state index in [2.05, 4.69) is 9.71 Å². The van der Waals surface area contributed by atoms with E-state index in [1.807, 2.05) is 39.0 Å². The van der Waals surface area contributed by atoms with Crippen molar-refractivity contribution in [1.29, 1.82) is 0 Å². The average Bonchev–Trinajstić information content (AvgIpc) is 2.57. The van der Waals surface area contributed by atoms with Gasteiger partial charge >= 0.3 is 0 Å².